The molecule has 2 rings (SSSR count). The van der Waals surface area contributed by atoms with E-state index in [0.717, 1.165) is 0 Å². The Morgan fingerprint density at radius 2 is 2.20 bits per heavy atom. The van der Waals surface area contributed by atoms with E-state index in [4.69, 9.17) is 5.11 Å². The molecular formula is C12H14N2O5S. The van der Waals surface area contributed by atoms with Crippen LogP contribution < -0.4 is 10.0 Å². The van der Waals surface area contributed by atoms with Gasteiger partial charge in [0.1, 0.15) is 6.04 Å². The fourth-order valence-electron chi connectivity index (χ4n) is 1.94. The van der Waals surface area contributed by atoms with Gasteiger partial charge in [-0.2, -0.15) is 4.72 Å². The Hall–Kier alpha value is -1.93. The van der Waals surface area contributed by atoms with Crippen LogP contribution in [0, 0.1) is 0 Å². The number of carboxylic acid groups (broad SMARTS) is 1. The minimum atomic E-state index is -3.93. The standard InChI is InChI=1S/C12H14N2O5S/c1-2-9(12(16)17)14-20(18,19)8-3-4-10-7(5-8)6-11(15)13-10/h3-5,9,14H,2,6H2,1H3,(H,13,15)(H,16,17)/t9-/m1/s1. The number of nitrogens with one attached hydrogen (secondary N) is 2. The van der Waals surface area contributed by atoms with Crippen LogP contribution in [-0.2, 0) is 26.0 Å². The van der Waals surface area contributed by atoms with Crippen LogP contribution in [0.25, 0.3) is 0 Å². The molecule has 108 valence electrons. The Kier molecular flexibility index (Phi) is 3.78. The molecule has 1 atom stereocenters. The molecule has 0 radical (unpaired) electrons. The van der Waals surface area contributed by atoms with E-state index in [2.05, 4.69) is 10.0 Å². The number of aliphatic carboxylic acids is 1. The van der Waals surface area contributed by atoms with Crippen molar-refractivity contribution in [1.29, 1.82) is 0 Å². The lowest BCUT2D eigenvalue weighted by atomic mass is 10.2. The molecule has 0 fully saturated rings. The molecular weight excluding hydrogens is 284 g/mol. The summed E-state index contributed by atoms with van der Waals surface area (Å²) in [6.07, 6.45) is 0.258. The van der Waals surface area contributed by atoms with Crippen LogP contribution >= 0.6 is 0 Å². The number of anilines is 1. The zero-order valence-corrected chi connectivity index (χ0v) is 11.5. The number of hydrogen-bond acceptors (Lipinski definition) is 4. The lowest BCUT2D eigenvalue weighted by molar-refractivity contribution is -0.139. The molecule has 0 spiro atoms. The van der Waals surface area contributed by atoms with Gasteiger partial charge >= 0.3 is 5.97 Å². The molecule has 1 aromatic carbocycles. The van der Waals surface area contributed by atoms with Crippen LogP contribution in [0.5, 0.6) is 0 Å². The third kappa shape index (κ3) is 2.81. The van der Waals surface area contributed by atoms with Crippen molar-refractivity contribution in [3.05, 3.63) is 23.8 Å². The maximum atomic E-state index is 12.1. The molecule has 1 aliphatic rings. The minimum absolute atomic E-state index is 0.0487. The monoisotopic (exact) mass is 298 g/mol. The van der Waals surface area contributed by atoms with Gasteiger partial charge < -0.3 is 10.4 Å². The average molecular weight is 298 g/mol. The first-order valence-electron chi connectivity index (χ1n) is 6.01. The highest BCUT2D eigenvalue weighted by Crippen LogP contribution is 2.25. The number of benzene rings is 1. The summed E-state index contributed by atoms with van der Waals surface area (Å²) < 4.78 is 26.3. The smallest absolute Gasteiger partial charge is 0.321 e. The van der Waals surface area contributed by atoms with Gasteiger partial charge in [-0.05, 0) is 30.2 Å². The van der Waals surface area contributed by atoms with Gasteiger partial charge in [0.05, 0.1) is 11.3 Å². The van der Waals surface area contributed by atoms with Crippen molar-refractivity contribution in [3.63, 3.8) is 0 Å². The summed E-state index contributed by atoms with van der Waals surface area (Å²) in [5, 5.41) is 11.5. The molecule has 20 heavy (non-hydrogen) atoms. The zero-order chi connectivity index (χ0) is 14.9. The summed E-state index contributed by atoms with van der Waals surface area (Å²) in [7, 11) is -3.93. The predicted molar refractivity (Wildman–Crippen MR) is 70.8 cm³/mol. The van der Waals surface area contributed by atoms with E-state index in [0.29, 0.717) is 11.3 Å². The number of fused-ring (bicyclic) bond motifs is 1. The second-order valence-corrected chi connectivity index (χ2v) is 6.18. The SMILES string of the molecule is CC[C@@H](NS(=O)(=O)c1ccc2c(c1)CC(=O)N2)C(=O)O. The van der Waals surface area contributed by atoms with Gasteiger partial charge in [-0.1, -0.05) is 6.92 Å². The first-order chi connectivity index (χ1) is 9.33. The maximum Gasteiger partial charge on any atom is 0.321 e. The highest BCUT2D eigenvalue weighted by atomic mass is 32.2. The Morgan fingerprint density at radius 3 is 2.80 bits per heavy atom. The molecule has 1 aliphatic heterocycles. The van der Waals surface area contributed by atoms with Gasteiger partial charge in [-0.15, -0.1) is 0 Å². The van der Waals surface area contributed by atoms with Crippen LogP contribution in [0.4, 0.5) is 5.69 Å². The third-order valence-corrected chi connectivity index (χ3v) is 4.49. The highest BCUT2D eigenvalue weighted by molar-refractivity contribution is 7.89. The zero-order valence-electron chi connectivity index (χ0n) is 10.7. The summed E-state index contributed by atoms with van der Waals surface area (Å²) in [5.74, 6) is -1.42. The van der Waals surface area contributed by atoms with Crippen molar-refractivity contribution < 1.29 is 23.1 Å². The lowest BCUT2D eigenvalue weighted by Gasteiger charge is -2.13. The molecule has 3 N–H and O–H groups in total. The highest BCUT2D eigenvalue weighted by Gasteiger charge is 2.26. The molecule has 0 aliphatic carbocycles. The van der Waals surface area contributed by atoms with Crippen LogP contribution in [0.15, 0.2) is 23.1 Å². The topological polar surface area (TPSA) is 113 Å². The molecule has 0 aromatic heterocycles. The normalized spacial score (nSPS) is 15.6. The maximum absolute atomic E-state index is 12.1. The van der Waals surface area contributed by atoms with Crippen molar-refractivity contribution >= 4 is 27.6 Å². The molecule has 1 aromatic rings. The van der Waals surface area contributed by atoms with Crippen molar-refractivity contribution in [2.45, 2.75) is 30.7 Å². The predicted octanol–water partition coefficient (Wildman–Crippen LogP) is 0.323. The van der Waals surface area contributed by atoms with Gasteiger partial charge in [-0.25, -0.2) is 8.42 Å². The van der Waals surface area contributed by atoms with Crippen LogP contribution in [0.1, 0.15) is 18.9 Å². The Labute approximate surface area is 116 Å². The molecule has 0 bridgehead atoms. The van der Waals surface area contributed by atoms with Crippen molar-refractivity contribution in [2.24, 2.45) is 0 Å². The molecule has 1 amide bonds. The van der Waals surface area contributed by atoms with Gasteiger partial charge in [-0.3, -0.25) is 9.59 Å². The quantitative estimate of drug-likeness (QED) is 0.724. The van der Waals surface area contributed by atoms with E-state index in [-0.39, 0.29) is 23.6 Å². The lowest BCUT2D eigenvalue weighted by Crippen LogP contribution is -2.40. The number of carbonyl (C=O) groups is 2. The molecule has 8 heteroatoms. The summed E-state index contributed by atoms with van der Waals surface area (Å²) in [5.41, 5.74) is 1.17. The number of rotatable bonds is 5. The van der Waals surface area contributed by atoms with E-state index in [1.807, 2.05) is 0 Å². The van der Waals surface area contributed by atoms with Crippen molar-refractivity contribution in [1.82, 2.24) is 4.72 Å². The van der Waals surface area contributed by atoms with Gasteiger partial charge in [0.2, 0.25) is 15.9 Å². The molecule has 0 saturated carbocycles. The fraction of sp³-hybridized carbons (Fsp3) is 0.333. The first kappa shape index (κ1) is 14.5. The van der Waals surface area contributed by atoms with E-state index in [1.165, 1.54) is 18.2 Å². The summed E-state index contributed by atoms with van der Waals surface area (Å²) in [4.78, 5) is 22.1. The van der Waals surface area contributed by atoms with E-state index >= 15 is 0 Å². The summed E-state index contributed by atoms with van der Waals surface area (Å²) >= 11 is 0. The number of carbonyl (C=O) groups excluding carboxylic acids is 1. The number of hydrogen-bond donors (Lipinski definition) is 3. The first-order valence-corrected chi connectivity index (χ1v) is 7.49. The van der Waals surface area contributed by atoms with Crippen molar-refractivity contribution in [3.8, 4) is 0 Å². The minimum Gasteiger partial charge on any atom is -0.480 e. The molecule has 7 nitrogen and oxygen atoms in total. The average Bonchev–Trinajstić information content (AvgIpc) is 2.74. The Balaban J connectivity index is 2.29. The largest absolute Gasteiger partial charge is 0.480 e. The summed E-state index contributed by atoms with van der Waals surface area (Å²) in [6.45, 7) is 1.58. The van der Waals surface area contributed by atoms with E-state index in [1.54, 1.807) is 6.92 Å². The Morgan fingerprint density at radius 1 is 1.50 bits per heavy atom. The Bertz CT molecular complexity index is 668. The second-order valence-electron chi connectivity index (χ2n) is 4.46. The molecule has 1 heterocycles. The third-order valence-electron chi connectivity index (χ3n) is 3.02. The summed E-state index contributed by atoms with van der Waals surface area (Å²) in [6, 6.07) is 3.04. The van der Waals surface area contributed by atoms with Crippen LogP contribution in [0.3, 0.4) is 0 Å². The fourth-order valence-corrected chi connectivity index (χ4v) is 3.26. The van der Waals surface area contributed by atoms with E-state index in [9.17, 15) is 18.0 Å². The molecule has 0 unspecified atom stereocenters. The molecule has 0 saturated heterocycles. The number of sulfonamides is 1. The van der Waals surface area contributed by atoms with E-state index < -0.39 is 22.0 Å². The van der Waals surface area contributed by atoms with Crippen molar-refractivity contribution in [2.75, 3.05) is 5.32 Å². The van der Waals surface area contributed by atoms with Crippen LogP contribution in [-0.4, -0.2) is 31.4 Å². The van der Waals surface area contributed by atoms with Gasteiger partial charge in [0.25, 0.3) is 0 Å². The number of amides is 1. The second kappa shape index (κ2) is 5.22. The van der Waals surface area contributed by atoms with Gasteiger partial charge in [0, 0.05) is 5.69 Å². The van der Waals surface area contributed by atoms with Gasteiger partial charge in [0.15, 0.2) is 0 Å². The number of carboxylic acids is 1. The van der Waals surface area contributed by atoms with Crippen LogP contribution in [0.2, 0.25) is 0 Å².